The number of hydrogen-bond donors (Lipinski definition) is 3. The van der Waals surface area contributed by atoms with E-state index in [1.807, 2.05) is 32.9 Å². The molecule has 0 heterocycles. The van der Waals surface area contributed by atoms with E-state index in [0.717, 1.165) is 16.7 Å². The summed E-state index contributed by atoms with van der Waals surface area (Å²) in [5.41, 5.74) is 4.74. The van der Waals surface area contributed by atoms with Crippen molar-refractivity contribution in [3.63, 3.8) is 0 Å². The molecule has 0 bridgehead atoms. The molecule has 0 saturated carbocycles. The van der Waals surface area contributed by atoms with E-state index in [4.69, 9.17) is 35.4 Å². The molecule has 3 N–H and O–H groups in total. The molecule has 0 spiro atoms. The highest BCUT2D eigenvalue weighted by molar-refractivity contribution is 7.92. The highest BCUT2D eigenvalue weighted by Crippen LogP contribution is 2.27. The van der Waals surface area contributed by atoms with Crippen molar-refractivity contribution in [2.24, 2.45) is 0 Å². The summed E-state index contributed by atoms with van der Waals surface area (Å²) in [5.74, 6) is 0. The van der Waals surface area contributed by atoms with Crippen LogP contribution in [0.15, 0.2) is 59.5 Å². The molecule has 3 aromatic rings. The molecule has 0 fully saturated rings. The summed E-state index contributed by atoms with van der Waals surface area (Å²) in [6, 6.07) is 15.3. The normalized spacial score (nSPS) is 11.1. The summed E-state index contributed by atoms with van der Waals surface area (Å²) >= 11 is 17.2. The molecule has 3 aromatic carbocycles. The molecule has 0 saturated heterocycles. The maximum atomic E-state index is 12.8. The first-order chi connectivity index (χ1) is 14.5. The minimum absolute atomic E-state index is 0.154. The van der Waals surface area contributed by atoms with Crippen molar-refractivity contribution in [2.45, 2.75) is 25.7 Å². The molecular weight excluding hydrogens is 473 g/mol. The van der Waals surface area contributed by atoms with Gasteiger partial charge < -0.3 is 10.6 Å². The van der Waals surface area contributed by atoms with Crippen molar-refractivity contribution in [1.82, 2.24) is 0 Å². The van der Waals surface area contributed by atoms with Gasteiger partial charge in [0, 0.05) is 11.4 Å². The highest BCUT2D eigenvalue weighted by atomic mass is 35.5. The van der Waals surface area contributed by atoms with Crippen LogP contribution >= 0.6 is 35.4 Å². The van der Waals surface area contributed by atoms with E-state index in [1.165, 1.54) is 12.1 Å². The van der Waals surface area contributed by atoms with Gasteiger partial charge in [-0.25, -0.2) is 8.42 Å². The van der Waals surface area contributed by atoms with Gasteiger partial charge in [0.2, 0.25) is 0 Å². The second-order valence-corrected chi connectivity index (χ2v) is 10.0. The number of rotatable bonds is 5. The van der Waals surface area contributed by atoms with Crippen molar-refractivity contribution in [3.05, 3.63) is 81.3 Å². The first-order valence-corrected chi connectivity index (χ1v) is 11.9. The number of halogens is 2. The zero-order chi connectivity index (χ0) is 22.8. The number of benzene rings is 3. The third-order valence-corrected chi connectivity index (χ3v) is 6.82. The van der Waals surface area contributed by atoms with Crippen LogP contribution in [-0.2, 0) is 10.0 Å². The van der Waals surface area contributed by atoms with Crippen LogP contribution in [-0.4, -0.2) is 13.5 Å². The van der Waals surface area contributed by atoms with Crippen LogP contribution in [0.1, 0.15) is 16.7 Å². The van der Waals surface area contributed by atoms with Crippen LogP contribution in [0.2, 0.25) is 10.0 Å². The predicted molar refractivity (Wildman–Crippen MR) is 134 cm³/mol. The maximum absolute atomic E-state index is 12.8. The zero-order valence-corrected chi connectivity index (χ0v) is 20.2. The van der Waals surface area contributed by atoms with Gasteiger partial charge in [0.25, 0.3) is 10.0 Å². The molecule has 0 aliphatic heterocycles. The molecule has 9 heteroatoms. The summed E-state index contributed by atoms with van der Waals surface area (Å²) < 4.78 is 28.4. The highest BCUT2D eigenvalue weighted by Gasteiger charge is 2.17. The third-order valence-electron chi connectivity index (χ3n) is 4.51. The predicted octanol–water partition coefficient (Wildman–Crippen LogP) is 6.53. The Morgan fingerprint density at radius 3 is 1.94 bits per heavy atom. The molecule has 0 amide bonds. The van der Waals surface area contributed by atoms with E-state index in [0.29, 0.717) is 32.2 Å². The van der Waals surface area contributed by atoms with Crippen molar-refractivity contribution >= 4 is 67.6 Å². The van der Waals surface area contributed by atoms with Gasteiger partial charge in [0.15, 0.2) is 5.11 Å². The zero-order valence-electron chi connectivity index (χ0n) is 17.1. The molecule has 31 heavy (non-hydrogen) atoms. The summed E-state index contributed by atoms with van der Waals surface area (Å²) in [6.07, 6.45) is 0. The SMILES string of the molecule is Cc1cc(C)c(NS(=O)(=O)c2ccc(NC(=S)Nc3ccc(Cl)c(Cl)c3)cc2)c(C)c1. The fourth-order valence-corrected chi connectivity index (χ4v) is 4.86. The third kappa shape index (κ3) is 5.89. The number of nitrogens with one attached hydrogen (secondary N) is 3. The van der Waals surface area contributed by atoms with E-state index < -0.39 is 10.0 Å². The molecule has 0 radical (unpaired) electrons. The smallest absolute Gasteiger partial charge is 0.261 e. The summed E-state index contributed by atoms with van der Waals surface area (Å²) in [6.45, 7) is 5.74. The molecule has 0 aliphatic carbocycles. The average Bonchev–Trinajstić information content (AvgIpc) is 2.68. The Balaban J connectivity index is 1.70. The lowest BCUT2D eigenvalue weighted by Gasteiger charge is -2.15. The minimum atomic E-state index is -3.73. The van der Waals surface area contributed by atoms with E-state index in [9.17, 15) is 8.42 Å². The Bertz CT molecular complexity index is 1220. The fraction of sp³-hybridized carbons (Fsp3) is 0.136. The van der Waals surface area contributed by atoms with Crippen molar-refractivity contribution < 1.29 is 8.42 Å². The number of hydrogen-bond acceptors (Lipinski definition) is 3. The van der Waals surface area contributed by atoms with E-state index in [2.05, 4.69) is 15.4 Å². The first-order valence-electron chi connectivity index (χ1n) is 9.29. The summed E-state index contributed by atoms with van der Waals surface area (Å²) in [7, 11) is -3.73. The van der Waals surface area contributed by atoms with E-state index in [1.54, 1.807) is 30.3 Å². The van der Waals surface area contributed by atoms with Gasteiger partial charge in [-0.2, -0.15) is 0 Å². The van der Waals surface area contributed by atoms with Gasteiger partial charge in [-0.15, -0.1) is 0 Å². The standard InChI is InChI=1S/C22H21Cl2N3O2S2/c1-13-10-14(2)21(15(3)11-13)27-31(28,29)18-7-4-16(5-8-18)25-22(30)26-17-6-9-19(23)20(24)12-17/h4-12,27H,1-3H3,(H2,25,26,30). The maximum Gasteiger partial charge on any atom is 0.261 e. The topological polar surface area (TPSA) is 70.2 Å². The number of anilines is 3. The second-order valence-electron chi connectivity index (χ2n) is 7.11. The molecule has 0 unspecified atom stereocenters. The van der Waals surface area contributed by atoms with Gasteiger partial charge in [-0.3, -0.25) is 4.72 Å². The molecule has 0 atom stereocenters. The van der Waals surface area contributed by atoms with Gasteiger partial charge in [-0.1, -0.05) is 40.9 Å². The largest absolute Gasteiger partial charge is 0.332 e. The minimum Gasteiger partial charge on any atom is -0.332 e. The second kappa shape index (κ2) is 9.44. The van der Waals surface area contributed by atoms with Crippen molar-refractivity contribution in [2.75, 3.05) is 15.4 Å². The quantitative estimate of drug-likeness (QED) is 0.352. The van der Waals surface area contributed by atoms with Gasteiger partial charge in [0.1, 0.15) is 0 Å². The molecule has 162 valence electrons. The Morgan fingerprint density at radius 1 is 0.806 bits per heavy atom. The lowest BCUT2D eigenvalue weighted by Crippen LogP contribution is -2.19. The molecule has 3 rings (SSSR count). The van der Waals surface area contributed by atoms with Gasteiger partial charge in [-0.05, 0) is 86.6 Å². The molecular formula is C22H21Cl2N3O2S2. The van der Waals surface area contributed by atoms with Crippen molar-refractivity contribution in [1.29, 1.82) is 0 Å². The van der Waals surface area contributed by atoms with E-state index in [-0.39, 0.29) is 4.90 Å². The van der Waals surface area contributed by atoms with Gasteiger partial charge in [0.05, 0.1) is 20.6 Å². The Kier molecular flexibility index (Phi) is 7.11. The number of sulfonamides is 1. The Morgan fingerprint density at radius 2 is 1.35 bits per heavy atom. The van der Waals surface area contributed by atoms with Crippen LogP contribution in [0, 0.1) is 20.8 Å². The fourth-order valence-electron chi connectivity index (χ4n) is 3.12. The number of thiocarbonyl (C=S) groups is 1. The van der Waals surface area contributed by atoms with Crippen molar-refractivity contribution in [3.8, 4) is 0 Å². The summed E-state index contributed by atoms with van der Waals surface area (Å²) in [5, 5.41) is 7.20. The molecule has 0 aromatic heterocycles. The Hall–Kier alpha value is -2.32. The Labute approximate surface area is 197 Å². The number of aryl methyl sites for hydroxylation is 3. The summed E-state index contributed by atoms with van der Waals surface area (Å²) in [4.78, 5) is 0.154. The van der Waals surface area contributed by atoms with E-state index >= 15 is 0 Å². The van der Waals surface area contributed by atoms with Crippen LogP contribution in [0.4, 0.5) is 17.1 Å². The van der Waals surface area contributed by atoms with Crippen LogP contribution < -0.4 is 15.4 Å². The van der Waals surface area contributed by atoms with Crippen LogP contribution in [0.3, 0.4) is 0 Å². The molecule has 0 aliphatic rings. The van der Waals surface area contributed by atoms with Crippen LogP contribution in [0.5, 0.6) is 0 Å². The van der Waals surface area contributed by atoms with Crippen LogP contribution in [0.25, 0.3) is 0 Å². The molecule has 5 nitrogen and oxygen atoms in total. The van der Waals surface area contributed by atoms with Gasteiger partial charge >= 0.3 is 0 Å². The lowest BCUT2D eigenvalue weighted by molar-refractivity contribution is 0.601. The first kappa shape index (κ1) is 23.3. The lowest BCUT2D eigenvalue weighted by atomic mass is 10.1. The monoisotopic (exact) mass is 493 g/mol. The average molecular weight is 494 g/mol.